The zero-order chi connectivity index (χ0) is 17.4. The zero-order valence-electron chi connectivity index (χ0n) is 13.2. The Hall–Kier alpha value is -1.94. The second kappa shape index (κ2) is 8.78. The summed E-state index contributed by atoms with van der Waals surface area (Å²) >= 11 is 0. The van der Waals surface area contributed by atoms with E-state index in [9.17, 15) is 9.36 Å². The summed E-state index contributed by atoms with van der Waals surface area (Å²) in [6.45, 7) is 0.154. The van der Waals surface area contributed by atoms with Gasteiger partial charge >= 0.3 is 13.6 Å². The van der Waals surface area contributed by atoms with Crippen LogP contribution in [0.2, 0.25) is 0 Å². The van der Waals surface area contributed by atoms with Gasteiger partial charge in [0.2, 0.25) is 0 Å². The van der Waals surface area contributed by atoms with Gasteiger partial charge in [0.1, 0.15) is 6.61 Å². The van der Waals surface area contributed by atoms with E-state index in [1.54, 1.807) is 0 Å². The highest BCUT2D eigenvalue weighted by Gasteiger charge is 2.24. The molecule has 0 fully saturated rings. The molecule has 0 amide bonds. The van der Waals surface area contributed by atoms with Crippen molar-refractivity contribution in [1.29, 1.82) is 0 Å². The van der Waals surface area contributed by atoms with Crippen LogP contribution in [0.15, 0.2) is 60.7 Å². The fourth-order valence-corrected chi connectivity index (χ4v) is 3.02. The van der Waals surface area contributed by atoms with Crippen molar-refractivity contribution in [3.8, 4) is 0 Å². The topological polar surface area (TPSA) is 83.8 Å². The van der Waals surface area contributed by atoms with Gasteiger partial charge in [-0.3, -0.25) is 9.36 Å². The molecule has 0 aliphatic carbocycles. The van der Waals surface area contributed by atoms with E-state index in [4.69, 9.17) is 14.5 Å². The van der Waals surface area contributed by atoms with Gasteiger partial charge in [-0.05, 0) is 24.0 Å². The highest BCUT2D eigenvalue weighted by molar-refractivity contribution is 7.51. The minimum atomic E-state index is -4.15. The van der Waals surface area contributed by atoms with E-state index >= 15 is 0 Å². The van der Waals surface area contributed by atoms with Crippen LogP contribution >= 0.6 is 7.60 Å². The Kier molecular flexibility index (Phi) is 6.73. The minimum Gasteiger partial charge on any atom is -0.461 e. The minimum absolute atomic E-state index is 0.0901. The first-order valence-corrected chi connectivity index (χ1v) is 9.53. The number of hydrogen-bond donors (Lipinski definition) is 2. The van der Waals surface area contributed by atoms with Gasteiger partial charge in [-0.2, -0.15) is 0 Å². The molecule has 0 aliphatic heterocycles. The average molecular weight is 348 g/mol. The molecular formula is C18H21O5P. The van der Waals surface area contributed by atoms with Crippen LogP contribution in [0.25, 0.3) is 0 Å². The van der Waals surface area contributed by atoms with Gasteiger partial charge in [-0.25, -0.2) is 0 Å². The van der Waals surface area contributed by atoms with Crippen LogP contribution < -0.4 is 0 Å². The number of carbonyl (C=O) groups is 1. The molecule has 2 N–H and O–H groups in total. The monoisotopic (exact) mass is 348 g/mol. The molecule has 24 heavy (non-hydrogen) atoms. The third-order valence-corrected chi connectivity index (χ3v) is 4.49. The molecule has 2 aromatic carbocycles. The Morgan fingerprint density at radius 3 is 2.04 bits per heavy atom. The summed E-state index contributed by atoms with van der Waals surface area (Å²) in [7, 11) is -4.15. The number of ether oxygens (including phenoxy) is 1. The first-order chi connectivity index (χ1) is 11.4. The summed E-state index contributed by atoms with van der Waals surface area (Å²) < 4.78 is 16.5. The van der Waals surface area contributed by atoms with Crippen molar-refractivity contribution in [3.05, 3.63) is 71.8 Å². The second-order valence-electron chi connectivity index (χ2n) is 5.66. The Balaban J connectivity index is 2.00. The molecule has 1 unspecified atom stereocenters. The summed E-state index contributed by atoms with van der Waals surface area (Å²) in [4.78, 5) is 30.5. The maximum Gasteiger partial charge on any atom is 0.325 e. The van der Waals surface area contributed by atoms with Crippen molar-refractivity contribution in [3.63, 3.8) is 0 Å². The molecule has 0 aliphatic rings. The van der Waals surface area contributed by atoms with E-state index in [0.29, 0.717) is 6.42 Å². The number of hydrogen-bond acceptors (Lipinski definition) is 3. The molecule has 0 spiro atoms. The smallest absolute Gasteiger partial charge is 0.325 e. The van der Waals surface area contributed by atoms with Crippen LogP contribution in [0.5, 0.6) is 0 Å². The van der Waals surface area contributed by atoms with Gasteiger partial charge in [0, 0.05) is 0 Å². The summed E-state index contributed by atoms with van der Waals surface area (Å²) in [6, 6.07) is 18.7. The standard InChI is InChI=1S/C18H21O5P/c19-18(23-14-16-9-5-2-6-10-16)17(11-12-24(20,21)22)13-15-7-3-1-4-8-15/h1-10,17H,11-14H2,(H2,20,21,22). The molecule has 2 aromatic rings. The normalized spacial score (nSPS) is 12.6. The highest BCUT2D eigenvalue weighted by Crippen LogP contribution is 2.36. The van der Waals surface area contributed by atoms with E-state index in [2.05, 4.69) is 0 Å². The lowest BCUT2D eigenvalue weighted by Gasteiger charge is -2.16. The summed E-state index contributed by atoms with van der Waals surface area (Å²) in [5.41, 5.74) is 1.81. The molecule has 0 aromatic heterocycles. The van der Waals surface area contributed by atoms with Crippen LogP contribution in [0.3, 0.4) is 0 Å². The SMILES string of the molecule is O=C(OCc1ccccc1)C(CCP(=O)(O)O)Cc1ccccc1. The molecule has 1 atom stereocenters. The van der Waals surface area contributed by atoms with Crippen molar-refractivity contribution in [2.45, 2.75) is 19.4 Å². The lowest BCUT2D eigenvalue weighted by Crippen LogP contribution is -2.21. The molecule has 0 saturated heterocycles. The predicted molar refractivity (Wildman–Crippen MR) is 91.4 cm³/mol. The first-order valence-electron chi connectivity index (χ1n) is 7.73. The van der Waals surface area contributed by atoms with Crippen molar-refractivity contribution in [2.75, 3.05) is 6.16 Å². The first kappa shape index (κ1) is 18.4. The maximum absolute atomic E-state index is 12.4. The number of carbonyl (C=O) groups excluding carboxylic acids is 1. The molecule has 0 bridgehead atoms. The van der Waals surface area contributed by atoms with E-state index < -0.39 is 19.5 Å². The molecule has 5 nitrogen and oxygen atoms in total. The second-order valence-corrected chi connectivity index (χ2v) is 7.43. The third kappa shape index (κ3) is 6.67. The molecule has 128 valence electrons. The lowest BCUT2D eigenvalue weighted by atomic mass is 9.97. The summed E-state index contributed by atoms with van der Waals surface area (Å²) in [6.07, 6.45) is 0.159. The van der Waals surface area contributed by atoms with E-state index in [1.165, 1.54) is 0 Å². The molecule has 0 radical (unpaired) electrons. The number of benzene rings is 2. The number of esters is 1. The van der Waals surface area contributed by atoms with Crippen LogP contribution in [-0.2, 0) is 27.1 Å². The van der Waals surface area contributed by atoms with Crippen molar-refractivity contribution >= 4 is 13.6 Å². The Morgan fingerprint density at radius 2 is 1.50 bits per heavy atom. The third-order valence-electron chi connectivity index (χ3n) is 3.65. The average Bonchev–Trinajstić information content (AvgIpc) is 2.57. The summed E-state index contributed by atoms with van der Waals surface area (Å²) in [5, 5.41) is 0. The lowest BCUT2D eigenvalue weighted by molar-refractivity contribution is -0.150. The molecule has 2 rings (SSSR count). The highest BCUT2D eigenvalue weighted by atomic mass is 31.2. The van der Waals surface area contributed by atoms with Gasteiger partial charge in [0.15, 0.2) is 0 Å². The van der Waals surface area contributed by atoms with Gasteiger partial charge < -0.3 is 14.5 Å². The van der Waals surface area contributed by atoms with Gasteiger partial charge in [-0.1, -0.05) is 60.7 Å². The van der Waals surface area contributed by atoms with E-state index in [-0.39, 0.29) is 19.2 Å². The Bertz CT molecular complexity index is 681. The van der Waals surface area contributed by atoms with Gasteiger partial charge in [-0.15, -0.1) is 0 Å². The van der Waals surface area contributed by atoms with Gasteiger partial charge in [0.05, 0.1) is 12.1 Å². The fraction of sp³-hybridized carbons (Fsp3) is 0.278. The molecule has 0 heterocycles. The predicted octanol–water partition coefficient (Wildman–Crippen LogP) is 3.16. The van der Waals surface area contributed by atoms with E-state index in [0.717, 1.165) is 11.1 Å². The van der Waals surface area contributed by atoms with Crippen LogP contribution in [0, 0.1) is 5.92 Å². The quantitative estimate of drug-likeness (QED) is 0.565. The molecular weight excluding hydrogens is 327 g/mol. The maximum atomic E-state index is 12.4. The molecule has 0 saturated carbocycles. The van der Waals surface area contributed by atoms with Crippen LogP contribution in [-0.4, -0.2) is 21.9 Å². The summed E-state index contributed by atoms with van der Waals surface area (Å²) in [5.74, 6) is -1.01. The Labute approximate surface area is 141 Å². The largest absolute Gasteiger partial charge is 0.461 e. The van der Waals surface area contributed by atoms with Crippen LogP contribution in [0.4, 0.5) is 0 Å². The van der Waals surface area contributed by atoms with E-state index in [1.807, 2.05) is 60.7 Å². The van der Waals surface area contributed by atoms with Crippen molar-refractivity contribution in [1.82, 2.24) is 0 Å². The van der Waals surface area contributed by atoms with Crippen molar-refractivity contribution < 1.29 is 23.9 Å². The van der Waals surface area contributed by atoms with Crippen molar-refractivity contribution in [2.24, 2.45) is 5.92 Å². The zero-order valence-corrected chi connectivity index (χ0v) is 14.1. The van der Waals surface area contributed by atoms with Crippen LogP contribution in [0.1, 0.15) is 17.5 Å². The van der Waals surface area contributed by atoms with Gasteiger partial charge in [0.25, 0.3) is 0 Å². The molecule has 6 heteroatoms. The Morgan fingerprint density at radius 1 is 0.958 bits per heavy atom. The fourth-order valence-electron chi connectivity index (χ4n) is 2.37. The number of rotatable bonds is 8.